The van der Waals surface area contributed by atoms with Gasteiger partial charge in [0.15, 0.2) is 0 Å². The minimum atomic E-state index is -1.01. The van der Waals surface area contributed by atoms with Crippen molar-refractivity contribution >= 4 is 0 Å². The van der Waals surface area contributed by atoms with E-state index in [1.54, 1.807) is 0 Å². The highest BCUT2D eigenvalue weighted by Crippen LogP contribution is 2.44. The maximum Gasteiger partial charge on any atom is 0.130 e. The Hall–Kier alpha value is -2.42. The number of benzene rings is 3. The van der Waals surface area contributed by atoms with Gasteiger partial charge < -0.3 is 5.11 Å². The van der Waals surface area contributed by atoms with Gasteiger partial charge >= 0.3 is 0 Å². The normalized spacial score (nSPS) is 18.9. The van der Waals surface area contributed by atoms with E-state index in [1.165, 1.54) is 5.56 Å². The Morgan fingerprint density at radius 2 is 1.27 bits per heavy atom. The van der Waals surface area contributed by atoms with Gasteiger partial charge in [-0.3, -0.25) is 4.90 Å². The Kier molecular flexibility index (Phi) is 4.62. The zero-order valence-electron chi connectivity index (χ0n) is 15.1. The van der Waals surface area contributed by atoms with Gasteiger partial charge in [0.25, 0.3) is 0 Å². The molecule has 0 radical (unpaired) electrons. The number of likely N-dealkylation sites (tertiary alicyclic amines) is 1. The van der Waals surface area contributed by atoms with Crippen LogP contribution in [-0.4, -0.2) is 22.6 Å². The Labute approximate surface area is 155 Å². The summed E-state index contributed by atoms with van der Waals surface area (Å²) in [6, 6.07) is 31.1. The van der Waals surface area contributed by atoms with Crippen LogP contribution in [0.4, 0.5) is 0 Å². The fourth-order valence-corrected chi connectivity index (χ4v) is 4.18. The maximum absolute atomic E-state index is 12.0. The topological polar surface area (TPSA) is 23.5 Å². The van der Waals surface area contributed by atoms with Crippen molar-refractivity contribution in [2.75, 3.05) is 6.54 Å². The van der Waals surface area contributed by atoms with Crippen molar-refractivity contribution in [2.24, 2.45) is 0 Å². The standard InChI is InChI=1S/C24H25NO/c1-19(20-11-5-2-6-12-20)25-18-17-23(25)24(26,21-13-7-3-8-14-21)22-15-9-4-10-16-22/h2-16,19,23,26H,17-18H2,1H3/t19-,23+/m1/s1. The lowest BCUT2D eigenvalue weighted by Crippen LogP contribution is -2.60. The van der Waals surface area contributed by atoms with Crippen LogP contribution >= 0.6 is 0 Å². The van der Waals surface area contributed by atoms with E-state index >= 15 is 0 Å². The Balaban J connectivity index is 1.73. The Morgan fingerprint density at radius 1 is 0.808 bits per heavy atom. The van der Waals surface area contributed by atoms with Crippen molar-refractivity contribution in [3.8, 4) is 0 Å². The molecule has 1 saturated heterocycles. The molecular weight excluding hydrogens is 318 g/mol. The molecule has 2 atom stereocenters. The van der Waals surface area contributed by atoms with Crippen LogP contribution in [0.3, 0.4) is 0 Å². The van der Waals surface area contributed by atoms with E-state index in [1.807, 2.05) is 66.7 Å². The Bertz CT molecular complexity index is 792. The molecule has 1 fully saturated rings. The van der Waals surface area contributed by atoms with Gasteiger partial charge in [0.2, 0.25) is 0 Å². The maximum atomic E-state index is 12.0. The monoisotopic (exact) mass is 343 g/mol. The van der Waals surface area contributed by atoms with E-state index < -0.39 is 5.60 Å². The fraction of sp³-hybridized carbons (Fsp3) is 0.250. The third-order valence-electron chi connectivity index (χ3n) is 5.75. The summed E-state index contributed by atoms with van der Waals surface area (Å²) in [6.45, 7) is 3.24. The molecule has 3 aromatic carbocycles. The highest BCUT2D eigenvalue weighted by atomic mass is 16.3. The van der Waals surface area contributed by atoms with Crippen LogP contribution in [0, 0.1) is 0 Å². The summed E-state index contributed by atoms with van der Waals surface area (Å²) in [5.74, 6) is 0. The summed E-state index contributed by atoms with van der Waals surface area (Å²) < 4.78 is 0. The number of hydrogen-bond donors (Lipinski definition) is 1. The minimum absolute atomic E-state index is 0.0579. The molecule has 1 aliphatic rings. The number of aliphatic hydroxyl groups is 1. The van der Waals surface area contributed by atoms with Gasteiger partial charge in [-0.15, -0.1) is 0 Å². The second-order valence-corrected chi connectivity index (χ2v) is 7.13. The van der Waals surface area contributed by atoms with Crippen LogP contribution in [0.2, 0.25) is 0 Å². The van der Waals surface area contributed by atoms with Crippen LogP contribution in [0.15, 0.2) is 91.0 Å². The van der Waals surface area contributed by atoms with Crippen LogP contribution in [0.1, 0.15) is 36.1 Å². The number of hydrogen-bond acceptors (Lipinski definition) is 2. The largest absolute Gasteiger partial charge is 0.379 e. The highest BCUT2D eigenvalue weighted by Gasteiger charge is 2.49. The van der Waals surface area contributed by atoms with Crippen molar-refractivity contribution in [1.82, 2.24) is 4.90 Å². The third-order valence-corrected chi connectivity index (χ3v) is 5.75. The van der Waals surface area contributed by atoms with Crippen LogP contribution in [-0.2, 0) is 5.60 Å². The molecule has 0 aliphatic carbocycles. The number of nitrogens with zero attached hydrogens (tertiary/aromatic N) is 1. The summed E-state index contributed by atoms with van der Waals surface area (Å²) in [6.07, 6.45) is 0.984. The van der Waals surface area contributed by atoms with E-state index in [0.717, 1.165) is 24.1 Å². The Morgan fingerprint density at radius 3 is 1.69 bits per heavy atom. The summed E-state index contributed by atoms with van der Waals surface area (Å²) in [5.41, 5.74) is 2.20. The molecule has 1 heterocycles. The molecule has 0 aromatic heterocycles. The van der Waals surface area contributed by atoms with Crippen molar-refractivity contribution in [3.63, 3.8) is 0 Å². The lowest BCUT2D eigenvalue weighted by Gasteiger charge is -2.53. The SMILES string of the molecule is C[C@H](c1ccccc1)N1CC[C@H]1C(O)(c1ccccc1)c1ccccc1. The lowest BCUT2D eigenvalue weighted by atomic mass is 9.74. The molecule has 2 nitrogen and oxygen atoms in total. The predicted molar refractivity (Wildman–Crippen MR) is 106 cm³/mol. The van der Waals surface area contributed by atoms with Crippen molar-refractivity contribution in [3.05, 3.63) is 108 Å². The lowest BCUT2D eigenvalue weighted by molar-refractivity contribution is -0.0893. The van der Waals surface area contributed by atoms with E-state index in [9.17, 15) is 5.11 Å². The summed E-state index contributed by atoms with van der Waals surface area (Å²) >= 11 is 0. The highest BCUT2D eigenvalue weighted by molar-refractivity contribution is 5.39. The summed E-state index contributed by atoms with van der Waals surface area (Å²) in [4.78, 5) is 2.43. The van der Waals surface area contributed by atoms with Gasteiger partial charge in [0.1, 0.15) is 5.60 Å². The van der Waals surface area contributed by atoms with Crippen LogP contribution < -0.4 is 0 Å². The van der Waals surface area contributed by atoms with E-state index in [-0.39, 0.29) is 12.1 Å². The van der Waals surface area contributed by atoms with Crippen LogP contribution in [0.5, 0.6) is 0 Å². The molecule has 26 heavy (non-hydrogen) atoms. The van der Waals surface area contributed by atoms with Gasteiger partial charge in [0.05, 0.1) is 0 Å². The first-order valence-corrected chi connectivity index (χ1v) is 9.35. The molecule has 0 saturated carbocycles. The molecular formula is C24H25NO. The molecule has 0 bridgehead atoms. The molecule has 3 aromatic rings. The average molecular weight is 343 g/mol. The zero-order valence-corrected chi connectivity index (χ0v) is 15.1. The summed E-state index contributed by atoms with van der Waals surface area (Å²) in [5, 5.41) is 12.0. The fourth-order valence-electron chi connectivity index (χ4n) is 4.18. The van der Waals surface area contributed by atoms with Crippen molar-refractivity contribution in [2.45, 2.75) is 31.0 Å². The minimum Gasteiger partial charge on any atom is -0.379 e. The second-order valence-electron chi connectivity index (χ2n) is 7.13. The van der Waals surface area contributed by atoms with Gasteiger partial charge in [0, 0.05) is 18.6 Å². The van der Waals surface area contributed by atoms with Gasteiger partial charge in [-0.1, -0.05) is 91.0 Å². The smallest absolute Gasteiger partial charge is 0.130 e. The van der Waals surface area contributed by atoms with Gasteiger partial charge in [-0.05, 0) is 30.0 Å². The van der Waals surface area contributed by atoms with E-state index in [2.05, 4.69) is 36.1 Å². The molecule has 1 N–H and O–H groups in total. The molecule has 4 rings (SSSR count). The second kappa shape index (κ2) is 7.06. The first-order chi connectivity index (χ1) is 12.7. The molecule has 0 spiro atoms. The molecule has 0 amide bonds. The van der Waals surface area contributed by atoms with Gasteiger partial charge in [-0.2, -0.15) is 0 Å². The third kappa shape index (κ3) is 2.86. The zero-order chi connectivity index (χ0) is 18.0. The average Bonchev–Trinajstić information content (AvgIpc) is 2.69. The van der Waals surface area contributed by atoms with Crippen LogP contribution in [0.25, 0.3) is 0 Å². The van der Waals surface area contributed by atoms with E-state index in [4.69, 9.17) is 0 Å². The first kappa shape index (κ1) is 17.0. The van der Waals surface area contributed by atoms with E-state index in [0.29, 0.717) is 0 Å². The molecule has 2 heteroatoms. The predicted octanol–water partition coefficient (Wildman–Crippen LogP) is 4.76. The summed E-state index contributed by atoms with van der Waals surface area (Å²) in [7, 11) is 0. The van der Waals surface area contributed by atoms with Crippen molar-refractivity contribution < 1.29 is 5.11 Å². The molecule has 0 unspecified atom stereocenters. The first-order valence-electron chi connectivity index (χ1n) is 9.35. The number of rotatable bonds is 5. The van der Waals surface area contributed by atoms with Gasteiger partial charge in [-0.25, -0.2) is 0 Å². The molecule has 1 aliphatic heterocycles. The van der Waals surface area contributed by atoms with Crippen molar-refractivity contribution in [1.29, 1.82) is 0 Å². The molecule has 132 valence electrons. The quantitative estimate of drug-likeness (QED) is 0.722.